The van der Waals surface area contributed by atoms with E-state index in [0.29, 0.717) is 0 Å². The first-order chi connectivity index (χ1) is 8.31. The molecule has 1 aromatic carbocycles. The summed E-state index contributed by atoms with van der Waals surface area (Å²) in [5.74, 6) is -0.606. The zero-order chi connectivity index (χ0) is 13.9. The first-order valence-corrected chi connectivity index (χ1v) is 6.32. The summed E-state index contributed by atoms with van der Waals surface area (Å²) in [5.41, 5.74) is 5.96. The van der Waals surface area contributed by atoms with Gasteiger partial charge in [-0.1, -0.05) is 0 Å². The first-order valence-electron chi connectivity index (χ1n) is 5.52. The monoisotopic (exact) mass is 318 g/mol. The molecule has 0 saturated heterocycles. The molecule has 1 amide bonds. The number of rotatable bonds is 4. The summed E-state index contributed by atoms with van der Waals surface area (Å²) in [5, 5.41) is 2.70. The molecule has 1 unspecified atom stereocenters. The zero-order valence-electron chi connectivity index (χ0n) is 10.5. The second-order valence-electron chi connectivity index (χ2n) is 4.23. The average Bonchev–Trinajstić information content (AvgIpc) is 2.24. The summed E-state index contributed by atoms with van der Waals surface area (Å²) in [6, 6.07) is 2.57. The third-order valence-electron chi connectivity index (χ3n) is 2.16. The lowest BCUT2D eigenvalue weighted by Crippen LogP contribution is -2.40. The van der Waals surface area contributed by atoms with Crippen LogP contribution in [-0.4, -0.2) is 18.1 Å². The SMILES string of the molecule is CC(C)NC(=O)C(C)Oc1cc(F)c(Br)cc1N. The molecule has 0 fully saturated rings. The molecule has 3 N–H and O–H groups in total. The van der Waals surface area contributed by atoms with E-state index in [0.717, 1.165) is 6.07 Å². The molecule has 0 aliphatic carbocycles. The molecule has 18 heavy (non-hydrogen) atoms. The Hall–Kier alpha value is -1.30. The van der Waals surface area contributed by atoms with Gasteiger partial charge in [0.2, 0.25) is 0 Å². The summed E-state index contributed by atoms with van der Waals surface area (Å²) in [6.45, 7) is 5.27. The number of amides is 1. The van der Waals surface area contributed by atoms with Crippen LogP contribution in [0, 0.1) is 5.82 Å². The Morgan fingerprint density at radius 3 is 2.61 bits per heavy atom. The summed E-state index contributed by atoms with van der Waals surface area (Å²) in [6.07, 6.45) is -0.740. The van der Waals surface area contributed by atoms with Gasteiger partial charge < -0.3 is 15.8 Å². The van der Waals surface area contributed by atoms with Gasteiger partial charge in [0.25, 0.3) is 5.91 Å². The molecule has 100 valence electrons. The highest BCUT2D eigenvalue weighted by atomic mass is 79.9. The fourth-order valence-electron chi connectivity index (χ4n) is 1.29. The number of benzene rings is 1. The predicted molar refractivity (Wildman–Crippen MR) is 71.9 cm³/mol. The number of nitrogen functional groups attached to an aromatic ring is 1. The molecule has 0 bridgehead atoms. The number of carbonyl (C=O) groups is 1. The Morgan fingerprint density at radius 2 is 2.06 bits per heavy atom. The molecule has 6 heteroatoms. The second-order valence-corrected chi connectivity index (χ2v) is 5.08. The van der Waals surface area contributed by atoms with Crippen LogP contribution in [0.4, 0.5) is 10.1 Å². The molecule has 0 aliphatic heterocycles. The maximum absolute atomic E-state index is 13.3. The van der Waals surface area contributed by atoms with E-state index in [-0.39, 0.29) is 27.9 Å². The average molecular weight is 319 g/mol. The van der Waals surface area contributed by atoms with E-state index in [1.54, 1.807) is 6.92 Å². The highest BCUT2D eigenvalue weighted by molar-refractivity contribution is 9.10. The summed E-state index contributed by atoms with van der Waals surface area (Å²) in [7, 11) is 0. The molecule has 1 atom stereocenters. The number of hydrogen-bond donors (Lipinski definition) is 2. The summed E-state index contributed by atoms with van der Waals surface area (Å²) >= 11 is 3.02. The topological polar surface area (TPSA) is 64.3 Å². The van der Waals surface area contributed by atoms with Gasteiger partial charge in [0.1, 0.15) is 11.6 Å². The lowest BCUT2D eigenvalue weighted by Gasteiger charge is -2.17. The van der Waals surface area contributed by atoms with Crippen LogP contribution >= 0.6 is 15.9 Å². The molecule has 1 rings (SSSR count). The van der Waals surface area contributed by atoms with Crippen LogP contribution < -0.4 is 15.8 Å². The number of nitrogens with one attached hydrogen (secondary N) is 1. The summed E-state index contributed by atoms with van der Waals surface area (Å²) in [4.78, 5) is 11.6. The normalized spacial score (nSPS) is 12.3. The van der Waals surface area contributed by atoms with E-state index in [9.17, 15) is 9.18 Å². The second kappa shape index (κ2) is 6.04. The fraction of sp³-hybridized carbons (Fsp3) is 0.417. The Bertz CT molecular complexity index is 452. The van der Waals surface area contributed by atoms with Crippen LogP contribution in [0.3, 0.4) is 0 Å². The first kappa shape index (κ1) is 14.8. The van der Waals surface area contributed by atoms with Gasteiger partial charge in [-0.2, -0.15) is 0 Å². The van der Waals surface area contributed by atoms with Crippen molar-refractivity contribution < 1.29 is 13.9 Å². The molecule has 0 radical (unpaired) electrons. The standard InChI is InChI=1S/C12H16BrFN2O2/c1-6(2)16-12(17)7(3)18-11-5-9(14)8(13)4-10(11)15/h4-7H,15H2,1-3H3,(H,16,17). The lowest BCUT2D eigenvalue weighted by atomic mass is 10.2. The Kier molecular flexibility index (Phi) is 4.95. The van der Waals surface area contributed by atoms with Crippen molar-refractivity contribution in [3.05, 3.63) is 22.4 Å². The van der Waals surface area contributed by atoms with Crippen molar-refractivity contribution >= 4 is 27.5 Å². The minimum Gasteiger partial charge on any atom is -0.479 e. The van der Waals surface area contributed by atoms with Crippen LogP contribution in [0.1, 0.15) is 20.8 Å². The molecule has 0 heterocycles. The van der Waals surface area contributed by atoms with Crippen LogP contribution in [0.5, 0.6) is 5.75 Å². The van der Waals surface area contributed by atoms with Crippen LogP contribution in [0.25, 0.3) is 0 Å². The molecule has 0 spiro atoms. The van der Waals surface area contributed by atoms with E-state index in [1.807, 2.05) is 13.8 Å². The highest BCUT2D eigenvalue weighted by Gasteiger charge is 2.17. The van der Waals surface area contributed by atoms with E-state index in [4.69, 9.17) is 10.5 Å². The number of hydrogen-bond acceptors (Lipinski definition) is 3. The smallest absolute Gasteiger partial charge is 0.260 e. The number of anilines is 1. The van der Waals surface area contributed by atoms with E-state index >= 15 is 0 Å². The highest BCUT2D eigenvalue weighted by Crippen LogP contribution is 2.29. The maximum atomic E-state index is 13.3. The fourth-order valence-corrected chi connectivity index (χ4v) is 1.65. The van der Waals surface area contributed by atoms with Crippen molar-refractivity contribution in [3.63, 3.8) is 0 Å². The van der Waals surface area contributed by atoms with Crippen molar-refractivity contribution in [1.29, 1.82) is 0 Å². The third-order valence-corrected chi connectivity index (χ3v) is 2.76. The minimum atomic E-state index is -0.740. The molecule has 0 aromatic heterocycles. The Labute approximate surface area is 114 Å². The molecule has 0 aliphatic rings. The number of halogens is 2. The number of ether oxygens (including phenoxy) is 1. The van der Waals surface area contributed by atoms with Gasteiger partial charge in [-0.05, 0) is 42.8 Å². The van der Waals surface area contributed by atoms with Crippen LogP contribution in [0.15, 0.2) is 16.6 Å². The minimum absolute atomic E-state index is 0.0163. The van der Waals surface area contributed by atoms with Gasteiger partial charge in [0.05, 0.1) is 10.2 Å². The largest absolute Gasteiger partial charge is 0.479 e. The van der Waals surface area contributed by atoms with Crippen molar-refractivity contribution in [2.75, 3.05) is 5.73 Å². The number of carbonyl (C=O) groups excluding carboxylic acids is 1. The molecular formula is C12H16BrFN2O2. The molecule has 1 aromatic rings. The lowest BCUT2D eigenvalue weighted by molar-refractivity contribution is -0.127. The predicted octanol–water partition coefficient (Wildman–Crippen LogP) is 2.46. The van der Waals surface area contributed by atoms with E-state index < -0.39 is 11.9 Å². The van der Waals surface area contributed by atoms with Crippen molar-refractivity contribution in [3.8, 4) is 5.75 Å². The summed E-state index contributed by atoms with van der Waals surface area (Å²) < 4.78 is 18.9. The molecular weight excluding hydrogens is 303 g/mol. The van der Waals surface area contributed by atoms with Gasteiger partial charge in [-0.15, -0.1) is 0 Å². The Morgan fingerprint density at radius 1 is 1.44 bits per heavy atom. The van der Waals surface area contributed by atoms with Crippen LogP contribution in [-0.2, 0) is 4.79 Å². The zero-order valence-corrected chi connectivity index (χ0v) is 12.0. The van der Waals surface area contributed by atoms with Crippen molar-refractivity contribution in [2.24, 2.45) is 0 Å². The molecule has 4 nitrogen and oxygen atoms in total. The maximum Gasteiger partial charge on any atom is 0.260 e. The van der Waals surface area contributed by atoms with Crippen molar-refractivity contribution in [2.45, 2.75) is 32.9 Å². The quantitative estimate of drug-likeness (QED) is 0.838. The van der Waals surface area contributed by atoms with Gasteiger partial charge in [-0.3, -0.25) is 4.79 Å². The van der Waals surface area contributed by atoms with E-state index in [2.05, 4.69) is 21.2 Å². The van der Waals surface area contributed by atoms with Crippen LogP contribution in [0.2, 0.25) is 0 Å². The van der Waals surface area contributed by atoms with Gasteiger partial charge in [0, 0.05) is 12.1 Å². The van der Waals surface area contributed by atoms with Gasteiger partial charge in [0.15, 0.2) is 6.10 Å². The van der Waals surface area contributed by atoms with Crippen molar-refractivity contribution in [1.82, 2.24) is 5.32 Å². The van der Waals surface area contributed by atoms with Gasteiger partial charge in [-0.25, -0.2) is 4.39 Å². The van der Waals surface area contributed by atoms with E-state index in [1.165, 1.54) is 6.07 Å². The van der Waals surface area contributed by atoms with Gasteiger partial charge >= 0.3 is 0 Å². The Balaban J connectivity index is 2.79. The third kappa shape index (κ3) is 3.87. The molecule has 0 saturated carbocycles. The number of nitrogens with two attached hydrogens (primary N) is 1.